The average molecular weight is 257 g/mol. The van der Waals surface area contributed by atoms with Crippen molar-refractivity contribution in [1.29, 1.82) is 0 Å². The first-order valence-electron chi connectivity index (χ1n) is 6.53. The van der Waals surface area contributed by atoms with E-state index >= 15 is 0 Å². The molecular weight excluding hydrogens is 234 g/mol. The van der Waals surface area contributed by atoms with Gasteiger partial charge in [0.1, 0.15) is 6.54 Å². The molecule has 6 heteroatoms. The summed E-state index contributed by atoms with van der Waals surface area (Å²) < 4.78 is 4.86. The van der Waals surface area contributed by atoms with Crippen LogP contribution in [0, 0.1) is 0 Å². The zero-order valence-electron chi connectivity index (χ0n) is 11.3. The minimum absolute atomic E-state index is 0.00699. The second kappa shape index (κ2) is 8.05. The fourth-order valence-electron chi connectivity index (χ4n) is 1.90. The van der Waals surface area contributed by atoms with Crippen LogP contribution in [0.4, 0.5) is 0 Å². The van der Waals surface area contributed by atoms with Crippen molar-refractivity contribution in [3.8, 4) is 0 Å². The highest BCUT2D eigenvalue weighted by Crippen LogP contribution is 1.97. The van der Waals surface area contributed by atoms with Crippen molar-refractivity contribution in [1.82, 2.24) is 15.1 Å². The number of rotatable bonds is 6. The van der Waals surface area contributed by atoms with Gasteiger partial charge in [-0.1, -0.05) is 0 Å². The van der Waals surface area contributed by atoms with Crippen molar-refractivity contribution in [3.63, 3.8) is 0 Å². The molecule has 1 N–H and O–H groups in total. The van der Waals surface area contributed by atoms with Gasteiger partial charge in [0.25, 0.3) is 0 Å². The van der Waals surface area contributed by atoms with Crippen LogP contribution in [-0.4, -0.2) is 74.1 Å². The van der Waals surface area contributed by atoms with E-state index in [0.29, 0.717) is 19.7 Å². The molecule has 18 heavy (non-hydrogen) atoms. The molecular formula is C12H23N3O3. The minimum atomic E-state index is -0.340. The molecule has 6 nitrogen and oxygen atoms in total. The van der Waals surface area contributed by atoms with Gasteiger partial charge < -0.3 is 15.0 Å². The van der Waals surface area contributed by atoms with Gasteiger partial charge in [-0.05, 0) is 13.8 Å². The number of carbonyl (C=O) groups is 2. The quantitative estimate of drug-likeness (QED) is 0.638. The van der Waals surface area contributed by atoms with Crippen molar-refractivity contribution in [2.24, 2.45) is 0 Å². The molecule has 1 heterocycles. The minimum Gasteiger partial charge on any atom is -0.465 e. The van der Waals surface area contributed by atoms with Gasteiger partial charge in [-0.2, -0.15) is 0 Å². The summed E-state index contributed by atoms with van der Waals surface area (Å²) in [5, 5.41) is 3.24. The van der Waals surface area contributed by atoms with E-state index in [4.69, 9.17) is 4.74 Å². The zero-order valence-corrected chi connectivity index (χ0v) is 11.3. The summed E-state index contributed by atoms with van der Waals surface area (Å²) in [5.74, 6) is -0.347. The number of amides is 1. The second-order valence-corrected chi connectivity index (χ2v) is 4.24. The third-order valence-corrected chi connectivity index (χ3v) is 2.93. The Balaban J connectivity index is 2.38. The first kappa shape index (κ1) is 14.9. The lowest BCUT2D eigenvalue weighted by Crippen LogP contribution is -2.49. The van der Waals surface area contributed by atoms with E-state index in [1.54, 1.807) is 11.8 Å². The van der Waals surface area contributed by atoms with E-state index in [1.807, 2.05) is 6.92 Å². The average Bonchev–Trinajstić information content (AvgIpc) is 2.37. The van der Waals surface area contributed by atoms with Gasteiger partial charge in [0.15, 0.2) is 0 Å². The lowest BCUT2D eigenvalue weighted by atomic mass is 10.3. The normalized spacial score (nSPS) is 16.3. The van der Waals surface area contributed by atoms with Crippen LogP contribution in [0.5, 0.6) is 0 Å². The fraction of sp³-hybridized carbons (Fsp3) is 0.833. The van der Waals surface area contributed by atoms with Crippen LogP contribution in [0.25, 0.3) is 0 Å². The van der Waals surface area contributed by atoms with Gasteiger partial charge in [-0.3, -0.25) is 14.5 Å². The van der Waals surface area contributed by atoms with E-state index in [2.05, 4.69) is 10.2 Å². The maximum Gasteiger partial charge on any atom is 0.325 e. The molecule has 1 amide bonds. The summed E-state index contributed by atoms with van der Waals surface area (Å²) >= 11 is 0. The number of hydrogen-bond donors (Lipinski definition) is 1. The maximum absolute atomic E-state index is 12.0. The van der Waals surface area contributed by atoms with Crippen LogP contribution >= 0.6 is 0 Å². The Morgan fingerprint density at radius 3 is 2.50 bits per heavy atom. The fourth-order valence-corrected chi connectivity index (χ4v) is 1.90. The van der Waals surface area contributed by atoms with Crippen LogP contribution in [0.15, 0.2) is 0 Å². The monoisotopic (exact) mass is 257 g/mol. The SMILES string of the molecule is CCOC(=O)CN(CC)C(=O)CN1CCNCC1. The topological polar surface area (TPSA) is 61.9 Å². The molecule has 1 saturated heterocycles. The third-order valence-electron chi connectivity index (χ3n) is 2.93. The molecule has 1 rings (SSSR count). The third kappa shape index (κ3) is 5.01. The number of likely N-dealkylation sites (N-methyl/N-ethyl adjacent to an activating group) is 1. The van der Waals surface area contributed by atoms with Crippen molar-refractivity contribution >= 4 is 11.9 Å². The predicted octanol–water partition coefficient (Wildman–Crippen LogP) is -0.697. The van der Waals surface area contributed by atoms with Gasteiger partial charge in [-0.15, -0.1) is 0 Å². The lowest BCUT2D eigenvalue weighted by molar-refractivity contribution is -0.149. The Bertz CT molecular complexity index is 278. The highest BCUT2D eigenvalue weighted by Gasteiger charge is 2.20. The zero-order chi connectivity index (χ0) is 13.4. The maximum atomic E-state index is 12.0. The number of hydrogen-bond acceptors (Lipinski definition) is 5. The summed E-state index contributed by atoms with van der Waals surface area (Å²) in [7, 11) is 0. The molecule has 0 spiro atoms. The largest absolute Gasteiger partial charge is 0.465 e. The van der Waals surface area contributed by atoms with Gasteiger partial charge in [-0.25, -0.2) is 0 Å². The molecule has 1 aliphatic rings. The number of nitrogens with zero attached hydrogens (tertiary/aromatic N) is 2. The second-order valence-electron chi connectivity index (χ2n) is 4.24. The number of esters is 1. The molecule has 0 aliphatic carbocycles. The van der Waals surface area contributed by atoms with Gasteiger partial charge in [0, 0.05) is 32.7 Å². The number of nitrogens with one attached hydrogen (secondary N) is 1. The number of carbonyl (C=O) groups excluding carboxylic acids is 2. The molecule has 1 fully saturated rings. The smallest absolute Gasteiger partial charge is 0.325 e. The van der Waals surface area contributed by atoms with E-state index in [1.165, 1.54) is 0 Å². The summed E-state index contributed by atoms with van der Waals surface area (Å²) in [5.41, 5.74) is 0. The Morgan fingerprint density at radius 2 is 1.94 bits per heavy atom. The molecule has 0 aromatic carbocycles. The van der Waals surface area contributed by atoms with Gasteiger partial charge in [0.05, 0.1) is 13.2 Å². The van der Waals surface area contributed by atoms with E-state index in [0.717, 1.165) is 26.2 Å². The van der Waals surface area contributed by atoms with E-state index in [9.17, 15) is 9.59 Å². The Labute approximate surface area is 108 Å². The lowest BCUT2D eigenvalue weighted by Gasteiger charge is -2.29. The van der Waals surface area contributed by atoms with Crippen LogP contribution < -0.4 is 5.32 Å². The predicted molar refractivity (Wildman–Crippen MR) is 68.2 cm³/mol. The summed E-state index contributed by atoms with van der Waals surface area (Å²) in [6.45, 7) is 8.53. The summed E-state index contributed by atoms with van der Waals surface area (Å²) in [6.07, 6.45) is 0. The van der Waals surface area contributed by atoms with Crippen molar-refractivity contribution in [3.05, 3.63) is 0 Å². The Kier molecular flexibility index (Phi) is 6.67. The van der Waals surface area contributed by atoms with Crippen LogP contribution in [-0.2, 0) is 14.3 Å². The molecule has 0 radical (unpaired) electrons. The first-order valence-corrected chi connectivity index (χ1v) is 6.53. The van der Waals surface area contributed by atoms with E-state index < -0.39 is 0 Å². The van der Waals surface area contributed by atoms with Crippen LogP contribution in [0.1, 0.15) is 13.8 Å². The summed E-state index contributed by atoms with van der Waals surface area (Å²) in [4.78, 5) is 27.1. The van der Waals surface area contributed by atoms with Crippen molar-refractivity contribution in [2.45, 2.75) is 13.8 Å². The van der Waals surface area contributed by atoms with Crippen LogP contribution in [0.3, 0.4) is 0 Å². The highest BCUT2D eigenvalue weighted by molar-refractivity contribution is 5.83. The molecule has 0 aromatic heterocycles. The molecule has 0 atom stereocenters. The summed E-state index contributed by atoms with van der Waals surface area (Å²) in [6, 6.07) is 0. The van der Waals surface area contributed by atoms with E-state index in [-0.39, 0.29) is 18.4 Å². The molecule has 104 valence electrons. The van der Waals surface area contributed by atoms with Crippen molar-refractivity contribution in [2.75, 3.05) is 52.4 Å². The Hall–Kier alpha value is -1.14. The van der Waals surface area contributed by atoms with Gasteiger partial charge >= 0.3 is 5.97 Å². The van der Waals surface area contributed by atoms with Crippen molar-refractivity contribution < 1.29 is 14.3 Å². The van der Waals surface area contributed by atoms with Crippen LogP contribution in [0.2, 0.25) is 0 Å². The van der Waals surface area contributed by atoms with Gasteiger partial charge in [0.2, 0.25) is 5.91 Å². The first-order chi connectivity index (χ1) is 8.67. The number of piperazine rings is 1. The molecule has 0 unspecified atom stereocenters. The highest BCUT2D eigenvalue weighted by atomic mass is 16.5. The standard InChI is InChI=1S/C12H23N3O3/c1-3-15(10-12(17)18-4-2)11(16)9-14-7-5-13-6-8-14/h13H,3-10H2,1-2H3. The molecule has 0 aromatic rings. The number of ether oxygens (including phenoxy) is 1. The molecule has 1 aliphatic heterocycles. The molecule has 0 bridgehead atoms. The Morgan fingerprint density at radius 1 is 1.28 bits per heavy atom. The molecule has 0 saturated carbocycles.